The third-order valence-corrected chi connectivity index (χ3v) is 5.83. The number of amides is 2. The van der Waals surface area contributed by atoms with Crippen LogP contribution in [0.3, 0.4) is 0 Å². The Morgan fingerprint density at radius 2 is 1.44 bits per heavy atom. The molecule has 0 unspecified atom stereocenters. The lowest BCUT2D eigenvalue weighted by Gasteiger charge is -2.41. The molecule has 1 aliphatic carbocycles. The summed E-state index contributed by atoms with van der Waals surface area (Å²) in [7, 11) is 0. The van der Waals surface area contributed by atoms with Gasteiger partial charge in [0.1, 0.15) is 0 Å². The quantitative estimate of drug-likeness (QED) is 0.853. The van der Waals surface area contributed by atoms with Gasteiger partial charge in [-0.1, -0.05) is 48.5 Å². The lowest BCUT2D eigenvalue weighted by molar-refractivity contribution is -0.139. The van der Waals surface area contributed by atoms with E-state index in [9.17, 15) is 9.59 Å². The van der Waals surface area contributed by atoms with Gasteiger partial charge >= 0.3 is 0 Å². The predicted octanol–water partition coefficient (Wildman–Crippen LogP) is 2.94. The summed E-state index contributed by atoms with van der Waals surface area (Å²) in [5.74, 6) is -0.169. The Morgan fingerprint density at radius 1 is 0.920 bits per heavy atom. The molecule has 0 radical (unpaired) electrons. The van der Waals surface area contributed by atoms with Crippen LogP contribution in [-0.2, 0) is 4.79 Å². The van der Waals surface area contributed by atoms with Crippen LogP contribution in [-0.4, -0.2) is 53.3 Å². The summed E-state index contributed by atoms with van der Waals surface area (Å²) < 4.78 is 0. The second kappa shape index (κ2) is 7.52. The maximum Gasteiger partial charge on any atom is 0.257 e. The average molecular weight is 384 g/mol. The molecule has 1 aliphatic heterocycles. The van der Waals surface area contributed by atoms with Crippen LogP contribution in [0.15, 0.2) is 18.2 Å². The Labute approximate surface area is 158 Å². The third kappa shape index (κ3) is 3.78. The number of rotatable bonds is 2. The van der Waals surface area contributed by atoms with Crippen LogP contribution in [0.5, 0.6) is 0 Å². The molecule has 1 aromatic rings. The van der Waals surface area contributed by atoms with E-state index in [4.69, 9.17) is 28.9 Å². The van der Waals surface area contributed by atoms with E-state index in [2.05, 4.69) is 0 Å². The van der Waals surface area contributed by atoms with Crippen molar-refractivity contribution >= 4 is 35.0 Å². The van der Waals surface area contributed by atoms with Gasteiger partial charge in [0.25, 0.3) is 5.91 Å². The minimum absolute atomic E-state index is 0.0232. The van der Waals surface area contributed by atoms with Gasteiger partial charge in [-0.3, -0.25) is 9.59 Å². The molecule has 2 fully saturated rings. The van der Waals surface area contributed by atoms with E-state index < -0.39 is 5.54 Å². The van der Waals surface area contributed by atoms with Crippen LogP contribution in [0, 0.1) is 0 Å². The van der Waals surface area contributed by atoms with Gasteiger partial charge in [-0.2, -0.15) is 0 Å². The molecule has 1 saturated carbocycles. The summed E-state index contributed by atoms with van der Waals surface area (Å²) in [6, 6.07) is 5.02. The minimum Gasteiger partial charge on any atom is -0.338 e. The van der Waals surface area contributed by atoms with Gasteiger partial charge in [-0.25, -0.2) is 0 Å². The molecule has 25 heavy (non-hydrogen) atoms. The summed E-state index contributed by atoms with van der Waals surface area (Å²) in [6.45, 7) is 1.90. The van der Waals surface area contributed by atoms with E-state index in [1.807, 2.05) is 0 Å². The van der Waals surface area contributed by atoms with E-state index >= 15 is 0 Å². The van der Waals surface area contributed by atoms with Crippen molar-refractivity contribution in [2.45, 2.75) is 37.6 Å². The van der Waals surface area contributed by atoms with Crippen molar-refractivity contribution in [3.63, 3.8) is 0 Å². The van der Waals surface area contributed by atoms with Crippen LogP contribution in [0.2, 0.25) is 10.0 Å². The zero-order chi connectivity index (χ0) is 18.0. The summed E-state index contributed by atoms with van der Waals surface area (Å²) in [6.07, 6.45) is 4.66. The summed E-state index contributed by atoms with van der Waals surface area (Å²) in [4.78, 5) is 29.0. The van der Waals surface area contributed by atoms with Crippen LogP contribution < -0.4 is 5.73 Å². The standard InChI is InChI=1S/C18H23Cl2N3O2/c19-13-5-4-6-14(20)15(13)16(24)22-9-11-23(12-10-22)17(25)18(21)7-2-1-3-8-18/h4-6H,1-3,7-12,21H2. The molecule has 2 N–H and O–H groups in total. The Kier molecular flexibility index (Phi) is 5.56. The monoisotopic (exact) mass is 383 g/mol. The molecule has 2 aliphatic rings. The number of piperazine rings is 1. The van der Waals surface area contributed by atoms with Gasteiger partial charge in [-0.15, -0.1) is 0 Å². The van der Waals surface area contributed by atoms with Crippen LogP contribution >= 0.6 is 23.2 Å². The van der Waals surface area contributed by atoms with E-state index in [-0.39, 0.29) is 11.8 Å². The fraction of sp³-hybridized carbons (Fsp3) is 0.556. The lowest BCUT2D eigenvalue weighted by atomic mass is 9.81. The van der Waals surface area contributed by atoms with Crippen molar-refractivity contribution in [3.05, 3.63) is 33.8 Å². The highest BCUT2D eigenvalue weighted by atomic mass is 35.5. The smallest absolute Gasteiger partial charge is 0.257 e. The van der Waals surface area contributed by atoms with Crippen molar-refractivity contribution in [2.75, 3.05) is 26.2 Å². The van der Waals surface area contributed by atoms with E-state index in [0.29, 0.717) is 41.8 Å². The SMILES string of the molecule is NC1(C(=O)N2CCN(C(=O)c3c(Cl)cccc3Cl)CC2)CCCCC1. The fourth-order valence-corrected chi connectivity index (χ4v) is 4.24. The van der Waals surface area contributed by atoms with E-state index in [1.54, 1.807) is 28.0 Å². The van der Waals surface area contributed by atoms with Crippen LogP contribution in [0.4, 0.5) is 0 Å². The Morgan fingerprint density at radius 3 is 2.00 bits per heavy atom. The van der Waals surface area contributed by atoms with E-state index in [1.165, 1.54) is 0 Å². The molecule has 5 nitrogen and oxygen atoms in total. The molecule has 0 bridgehead atoms. The first kappa shape index (κ1) is 18.5. The normalized spacial score (nSPS) is 20.4. The predicted molar refractivity (Wildman–Crippen MR) is 98.9 cm³/mol. The first-order valence-corrected chi connectivity index (χ1v) is 9.49. The molecule has 1 heterocycles. The van der Waals surface area contributed by atoms with Crippen LogP contribution in [0.1, 0.15) is 42.5 Å². The van der Waals surface area contributed by atoms with Gasteiger partial charge in [0, 0.05) is 26.2 Å². The number of benzene rings is 1. The molecule has 1 aromatic carbocycles. The summed E-state index contributed by atoms with van der Waals surface area (Å²) >= 11 is 12.3. The Hall–Kier alpha value is -1.30. The molecule has 136 valence electrons. The second-order valence-corrected chi connectivity index (χ2v) is 7.71. The average Bonchev–Trinajstić information content (AvgIpc) is 2.61. The molecule has 2 amide bonds. The van der Waals surface area contributed by atoms with Gasteiger partial charge in [-0.05, 0) is 25.0 Å². The molecule has 0 atom stereocenters. The van der Waals surface area contributed by atoms with Crippen molar-refractivity contribution in [3.8, 4) is 0 Å². The van der Waals surface area contributed by atoms with Crippen molar-refractivity contribution < 1.29 is 9.59 Å². The topological polar surface area (TPSA) is 66.6 Å². The van der Waals surface area contributed by atoms with Crippen molar-refractivity contribution in [2.24, 2.45) is 5.73 Å². The number of hydrogen-bond donors (Lipinski definition) is 1. The molecule has 3 rings (SSSR count). The number of carbonyl (C=O) groups excluding carboxylic acids is 2. The molecule has 0 aromatic heterocycles. The highest BCUT2D eigenvalue weighted by molar-refractivity contribution is 6.39. The van der Waals surface area contributed by atoms with Gasteiger partial charge < -0.3 is 15.5 Å². The first-order valence-electron chi connectivity index (χ1n) is 8.74. The summed E-state index contributed by atoms with van der Waals surface area (Å²) in [5, 5.41) is 0.693. The number of nitrogens with zero attached hydrogens (tertiary/aromatic N) is 2. The third-order valence-electron chi connectivity index (χ3n) is 5.20. The number of halogens is 2. The van der Waals surface area contributed by atoms with Crippen molar-refractivity contribution in [1.82, 2.24) is 9.80 Å². The maximum absolute atomic E-state index is 12.8. The highest BCUT2D eigenvalue weighted by Gasteiger charge is 2.39. The lowest BCUT2D eigenvalue weighted by Crippen LogP contribution is -2.60. The minimum atomic E-state index is -0.726. The zero-order valence-electron chi connectivity index (χ0n) is 14.1. The molecule has 7 heteroatoms. The Bertz CT molecular complexity index is 646. The maximum atomic E-state index is 12.8. The number of hydrogen-bond acceptors (Lipinski definition) is 3. The molecule has 1 saturated heterocycles. The second-order valence-electron chi connectivity index (χ2n) is 6.90. The Balaban J connectivity index is 1.64. The molecular weight excluding hydrogens is 361 g/mol. The van der Waals surface area contributed by atoms with Crippen molar-refractivity contribution in [1.29, 1.82) is 0 Å². The van der Waals surface area contributed by atoms with Gasteiger partial charge in [0.05, 0.1) is 21.1 Å². The summed E-state index contributed by atoms with van der Waals surface area (Å²) in [5.41, 5.74) is 5.95. The highest BCUT2D eigenvalue weighted by Crippen LogP contribution is 2.29. The molecule has 0 spiro atoms. The van der Waals surface area contributed by atoms with E-state index in [0.717, 1.165) is 32.1 Å². The fourth-order valence-electron chi connectivity index (χ4n) is 3.68. The largest absolute Gasteiger partial charge is 0.338 e. The zero-order valence-corrected chi connectivity index (χ0v) is 15.7. The number of carbonyl (C=O) groups is 2. The first-order chi connectivity index (χ1) is 11.9. The number of nitrogens with two attached hydrogens (primary N) is 1. The van der Waals surface area contributed by atoms with Crippen LogP contribution in [0.25, 0.3) is 0 Å². The van der Waals surface area contributed by atoms with Gasteiger partial charge in [0.15, 0.2) is 0 Å². The van der Waals surface area contributed by atoms with Gasteiger partial charge in [0.2, 0.25) is 5.91 Å². The molecular formula is C18H23Cl2N3O2.